The molecule has 0 amide bonds. The summed E-state index contributed by atoms with van der Waals surface area (Å²) in [5.74, 6) is -3.27. The van der Waals surface area contributed by atoms with Gasteiger partial charge in [-0.1, -0.05) is 30.3 Å². The van der Waals surface area contributed by atoms with E-state index >= 15 is 0 Å². The number of methoxy groups -OCH3 is 1. The third kappa shape index (κ3) is 8.13. The highest BCUT2D eigenvalue weighted by atomic mass is 16.5. The Hall–Kier alpha value is -4.26. The van der Waals surface area contributed by atoms with Crippen molar-refractivity contribution in [3.63, 3.8) is 0 Å². The zero-order valence-corrected chi connectivity index (χ0v) is 22.9. The van der Waals surface area contributed by atoms with Crippen LogP contribution < -0.4 is 4.74 Å². The molecule has 4 rings (SSSR count). The molecule has 0 unspecified atom stereocenters. The second kappa shape index (κ2) is 13.4. The van der Waals surface area contributed by atoms with Gasteiger partial charge in [-0.3, -0.25) is 14.5 Å². The lowest BCUT2D eigenvalue weighted by Crippen LogP contribution is -2.42. The van der Waals surface area contributed by atoms with Crippen molar-refractivity contribution < 1.29 is 44.7 Å². The molecule has 2 heterocycles. The average Bonchev–Trinajstić information content (AvgIpc) is 3.35. The lowest BCUT2D eigenvalue weighted by atomic mass is 9.84. The van der Waals surface area contributed by atoms with Crippen LogP contribution in [0.25, 0.3) is 5.69 Å². The van der Waals surface area contributed by atoms with Gasteiger partial charge in [0.25, 0.3) is 0 Å². The fourth-order valence-electron chi connectivity index (χ4n) is 4.76. The molecule has 0 saturated carbocycles. The van der Waals surface area contributed by atoms with Gasteiger partial charge < -0.3 is 34.8 Å². The largest absolute Gasteiger partial charge is 0.496 e. The monoisotopic (exact) mass is 569 g/mol. The van der Waals surface area contributed by atoms with Crippen LogP contribution >= 0.6 is 0 Å². The maximum absolute atomic E-state index is 11.2. The summed E-state index contributed by atoms with van der Waals surface area (Å²) in [4.78, 5) is 37.2. The first-order valence-corrected chi connectivity index (χ1v) is 12.9. The Labute approximate surface area is 237 Å². The number of hydrogen-bond acceptors (Lipinski definition) is 8. The number of piperidine rings is 1. The van der Waals surface area contributed by atoms with Gasteiger partial charge in [0, 0.05) is 43.3 Å². The molecule has 0 bridgehead atoms. The molecule has 2 aromatic carbocycles. The first-order chi connectivity index (χ1) is 19.4. The molecule has 3 aromatic rings. The Kier molecular flexibility index (Phi) is 10.2. The van der Waals surface area contributed by atoms with Crippen molar-refractivity contribution in [3.05, 3.63) is 77.9 Å². The minimum Gasteiger partial charge on any atom is -0.496 e. The van der Waals surface area contributed by atoms with E-state index in [-0.39, 0.29) is 0 Å². The van der Waals surface area contributed by atoms with Gasteiger partial charge in [-0.05, 0) is 43.5 Å². The number of aliphatic hydroxyl groups is 2. The van der Waals surface area contributed by atoms with E-state index in [1.54, 1.807) is 7.11 Å². The van der Waals surface area contributed by atoms with E-state index in [1.807, 2.05) is 43.6 Å². The minimum absolute atomic E-state index is 0.708. The minimum atomic E-state index is -2.74. The maximum atomic E-state index is 11.2. The van der Waals surface area contributed by atoms with Crippen LogP contribution in [-0.2, 0) is 26.5 Å². The summed E-state index contributed by atoms with van der Waals surface area (Å²) < 4.78 is 7.54. The topological polar surface area (TPSA) is 183 Å². The lowest BCUT2D eigenvalue weighted by molar-refractivity contribution is -0.170. The number of nitrogens with zero attached hydrogens (tertiary/aromatic N) is 3. The van der Waals surface area contributed by atoms with E-state index in [4.69, 9.17) is 25.2 Å². The van der Waals surface area contributed by atoms with Crippen molar-refractivity contribution in [2.45, 2.75) is 50.4 Å². The smallest absolute Gasteiger partial charge is 0.336 e. The molecule has 1 saturated heterocycles. The van der Waals surface area contributed by atoms with Crippen molar-refractivity contribution in [2.75, 3.05) is 20.2 Å². The molecule has 0 radical (unpaired) electrons. The van der Waals surface area contributed by atoms with Crippen LogP contribution in [0.2, 0.25) is 0 Å². The van der Waals surface area contributed by atoms with Gasteiger partial charge >= 0.3 is 17.9 Å². The molecule has 12 nitrogen and oxygen atoms in total. The highest BCUT2D eigenvalue weighted by Gasteiger charge is 2.41. The fraction of sp³-hybridized carbons (Fsp3) is 0.379. The van der Waals surface area contributed by atoms with Crippen molar-refractivity contribution in [3.8, 4) is 11.4 Å². The van der Waals surface area contributed by atoms with E-state index in [1.165, 1.54) is 5.56 Å². The van der Waals surface area contributed by atoms with Crippen LogP contribution in [0.4, 0.5) is 0 Å². The average molecular weight is 570 g/mol. The van der Waals surface area contributed by atoms with Crippen LogP contribution in [0.1, 0.15) is 42.6 Å². The Morgan fingerprint density at radius 3 is 2.05 bits per heavy atom. The van der Waals surface area contributed by atoms with Crippen molar-refractivity contribution in [2.24, 2.45) is 0 Å². The van der Waals surface area contributed by atoms with Gasteiger partial charge in [0.05, 0.1) is 25.6 Å². The van der Waals surface area contributed by atoms with Crippen molar-refractivity contribution in [1.29, 1.82) is 0 Å². The number of carboxylic acids is 3. The van der Waals surface area contributed by atoms with E-state index in [9.17, 15) is 19.5 Å². The summed E-state index contributed by atoms with van der Waals surface area (Å²) in [6, 6.07) is 16.4. The number of aromatic nitrogens is 2. The lowest BCUT2D eigenvalue weighted by Gasteiger charge is -2.39. The molecule has 1 aliphatic heterocycles. The number of aryl methyl sites for hydroxylation is 1. The van der Waals surface area contributed by atoms with E-state index in [2.05, 4.69) is 38.7 Å². The standard InChI is InChI=1S/C23H27N3O2.C6H8O7/c1-18-24-13-16-26(18)20-9-7-19(8-10-20)17-25-14-11-23(27,12-15-25)21-5-3-4-6-22(21)28-2;7-3(8)1-6(13,5(11)12)2-4(9)10/h3-10,13,16,27H,11-12,14-15,17H2,1-2H3;13H,1-2H2,(H,7,8)(H,9,10)(H,11,12). The van der Waals surface area contributed by atoms with Crippen LogP contribution in [-0.4, -0.2) is 83.7 Å². The first-order valence-electron chi connectivity index (χ1n) is 12.9. The maximum Gasteiger partial charge on any atom is 0.336 e. The Morgan fingerprint density at radius 1 is 0.976 bits per heavy atom. The van der Waals surface area contributed by atoms with Gasteiger partial charge in [0.2, 0.25) is 0 Å². The third-order valence-electron chi connectivity index (χ3n) is 7.02. The van der Waals surface area contributed by atoms with Crippen LogP contribution in [0.5, 0.6) is 5.75 Å². The fourth-order valence-corrected chi connectivity index (χ4v) is 4.76. The Balaban J connectivity index is 0.000000302. The van der Waals surface area contributed by atoms with Gasteiger partial charge in [0.15, 0.2) is 5.60 Å². The van der Waals surface area contributed by atoms with Crippen molar-refractivity contribution >= 4 is 17.9 Å². The van der Waals surface area contributed by atoms with Gasteiger partial charge in [0.1, 0.15) is 11.6 Å². The normalized spacial score (nSPS) is 14.9. The van der Waals surface area contributed by atoms with Crippen molar-refractivity contribution in [1.82, 2.24) is 14.5 Å². The molecule has 41 heavy (non-hydrogen) atoms. The molecular weight excluding hydrogens is 534 g/mol. The number of aliphatic carboxylic acids is 3. The molecule has 1 fully saturated rings. The first kappa shape index (κ1) is 31.3. The van der Waals surface area contributed by atoms with E-state index in [0.717, 1.165) is 42.5 Å². The molecule has 220 valence electrons. The van der Waals surface area contributed by atoms with Crippen LogP contribution in [0, 0.1) is 6.92 Å². The van der Waals surface area contributed by atoms with Crippen LogP contribution in [0.3, 0.4) is 0 Å². The molecule has 0 aliphatic carbocycles. The van der Waals surface area contributed by atoms with Crippen LogP contribution in [0.15, 0.2) is 60.9 Å². The predicted octanol–water partition coefficient (Wildman–Crippen LogP) is 2.42. The van der Waals surface area contributed by atoms with Gasteiger partial charge in [-0.2, -0.15) is 0 Å². The number of para-hydroxylation sites is 1. The summed E-state index contributed by atoms with van der Waals surface area (Å²) in [6.07, 6.45) is 2.93. The zero-order valence-electron chi connectivity index (χ0n) is 22.9. The third-order valence-corrected chi connectivity index (χ3v) is 7.02. The highest BCUT2D eigenvalue weighted by molar-refractivity contribution is 5.88. The predicted molar refractivity (Wildman–Crippen MR) is 147 cm³/mol. The molecule has 1 aliphatic rings. The molecule has 1 aromatic heterocycles. The molecule has 0 atom stereocenters. The molecular formula is C29H35N3O9. The zero-order chi connectivity index (χ0) is 30.2. The SMILES string of the molecule is COc1ccccc1C1(O)CCN(Cc2ccc(-n3ccnc3C)cc2)CC1.O=C(O)CC(O)(CC(=O)O)C(=O)O. The number of rotatable bonds is 10. The van der Waals surface area contributed by atoms with Gasteiger partial charge in [-0.15, -0.1) is 0 Å². The number of benzene rings is 2. The van der Waals surface area contributed by atoms with E-state index in [0.29, 0.717) is 12.8 Å². The number of hydrogen-bond donors (Lipinski definition) is 5. The number of likely N-dealkylation sites (tertiary alicyclic amines) is 1. The summed E-state index contributed by atoms with van der Waals surface area (Å²) in [5, 5.41) is 45.0. The summed E-state index contributed by atoms with van der Waals surface area (Å²) in [6.45, 7) is 4.61. The quantitative estimate of drug-likeness (QED) is 0.242. The number of ether oxygens (including phenoxy) is 1. The number of carboxylic acid groups (broad SMARTS) is 3. The highest BCUT2D eigenvalue weighted by Crippen LogP contribution is 2.38. The second-order valence-corrected chi connectivity index (χ2v) is 10.00. The number of imidazole rings is 1. The Bertz CT molecular complexity index is 1330. The van der Waals surface area contributed by atoms with E-state index < -0.39 is 42.0 Å². The summed E-state index contributed by atoms with van der Waals surface area (Å²) in [7, 11) is 1.66. The molecule has 0 spiro atoms. The number of carbonyl (C=O) groups is 3. The summed E-state index contributed by atoms with van der Waals surface area (Å²) >= 11 is 0. The second-order valence-electron chi connectivity index (χ2n) is 10.00. The Morgan fingerprint density at radius 2 is 1.56 bits per heavy atom. The van der Waals surface area contributed by atoms with Gasteiger partial charge in [-0.25, -0.2) is 9.78 Å². The summed E-state index contributed by atoms with van der Waals surface area (Å²) in [5.41, 5.74) is -0.242. The molecule has 12 heteroatoms. The molecule has 5 N–H and O–H groups in total.